The summed E-state index contributed by atoms with van der Waals surface area (Å²) in [6.07, 6.45) is 0.867. The Bertz CT molecular complexity index is 572. The maximum atomic E-state index is 11.3. The molecule has 1 aromatic rings. The van der Waals surface area contributed by atoms with Crippen molar-refractivity contribution in [3.63, 3.8) is 0 Å². The molecule has 1 rings (SSSR count). The van der Waals surface area contributed by atoms with Gasteiger partial charge in [-0.15, -0.1) is 0 Å². The van der Waals surface area contributed by atoms with E-state index in [-0.39, 0.29) is 16.0 Å². The van der Waals surface area contributed by atoms with Gasteiger partial charge in [0.15, 0.2) is 0 Å². The number of benzene rings is 1. The Balaban J connectivity index is 3.71. The molecule has 0 aliphatic rings. The van der Waals surface area contributed by atoms with Gasteiger partial charge in [-0.1, -0.05) is 6.92 Å². The van der Waals surface area contributed by atoms with E-state index in [2.05, 4.69) is 0 Å². The molecule has 0 radical (unpaired) electrons. The van der Waals surface area contributed by atoms with Gasteiger partial charge in [0.05, 0.1) is 16.5 Å². The third-order valence-corrected chi connectivity index (χ3v) is 3.50. The van der Waals surface area contributed by atoms with Gasteiger partial charge in [0.1, 0.15) is 6.29 Å². The van der Waals surface area contributed by atoms with Crippen molar-refractivity contribution < 1.29 is 13.2 Å². The number of carbonyl (C=O) groups is 1. The summed E-state index contributed by atoms with van der Waals surface area (Å²) in [5, 5.41) is 8.71. The van der Waals surface area contributed by atoms with Gasteiger partial charge in [0, 0.05) is 16.2 Å². The highest BCUT2D eigenvalue weighted by Crippen LogP contribution is 2.24. The smallest absolute Gasteiger partial charge is 0.261 e. The van der Waals surface area contributed by atoms with Gasteiger partial charge < -0.3 is 0 Å². The molecule has 0 spiro atoms. The number of carbonyl (C=O) groups excluding carboxylic acids is 1. The van der Waals surface area contributed by atoms with Crippen molar-refractivity contribution in [2.24, 2.45) is 0 Å². The number of nitriles is 1. The maximum absolute atomic E-state index is 11.3. The monoisotopic (exact) mass is 257 g/mol. The highest BCUT2D eigenvalue weighted by atomic mass is 35.7. The van der Waals surface area contributed by atoms with Crippen LogP contribution >= 0.6 is 10.7 Å². The third-order valence-electron chi connectivity index (χ3n) is 2.12. The Labute approximate surface area is 97.9 Å². The Morgan fingerprint density at radius 1 is 1.50 bits per heavy atom. The molecule has 0 N–H and O–H groups in total. The van der Waals surface area contributed by atoms with Gasteiger partial charge in [-0.3, -0.25) is 4.79 Å². The molecule has 0 fully saturated rings. The van der Waals surface area contributed by atoms with Crippen molar-refractivity contribution in [1.82, 2.24) is 0 Å². The lowest BCUT2D eigenvalue weighted by molar-refractivity contribution is 0.112. The quantitative estimate of drug-likeness (QED) is 0.612. The van der Waals surface area contributed by atoms with Crippen LogP contribution in [0.5, 0.6) is 0 Å². The zero-order chi connectivity index (χ0) is 12.3. The van der Waals surface area contributed by atoms with Crippen LogP contribution in [0.2, 0.25) is 0 Å². The lowest BCUT2D eigenvalue weighted by Gasteiger charge is -2.07. The number of rotatable bonds is 3. The number of nitrogens with zero attached hydrogens (tertiary/aromatic N) is 1. The van der Waals surface area contributed by atoms with Crippen molar-refractivity contribution in [1.29, 1.82) is 5.26 Å². The average molecular weight is 258 g/mol. The second kappa shape index (κ2) is 4.64. The number of aldehydes is 1. The molecule has 0 heterocycles. The highest BCUT2D eigenvalue weighted by Gasteiger charge is 2.18. The first-order valence-electron chi connectivity index (χ1n) is 4.41. The predicted octanol–water partition coefficient (Wildman–Crippen LogP) is 1.86. The van der Waals surface area contributed by atoms with E-state index in [9.17, 15) is 13.2 Å². The van der Waals surface area contributed by atoms with Crippen molar-refractivity contribution in [3.8, 4) is 6.07 Å². The lowest BCUT2D eigenvalue weighted by Crippen LogP contribution is -2.02. The molecular formula is C10H8ClNO3S. The van der Waals surface area contributed by atoms with Crippen LogP contribution in [0.1, 0.15) is 28.4 Å². The van der Waals surface area contributed by atoms with Crippen LogP contribution in [0, 0.1) is 11.3 Å². The first-order valence-corrected chi connectivity index (χ1v) is 6.71. The third kappa shape index (κ3) is 2.40. The van der Waals surface area contributed by atoms with E-state index >= 15 is 0 Å². The van der Waals surface area contributed by atoms with Crippen LogP contribution < -0.4 is 0 Å². The molecule has 0 unspecified atom stereocenters. The summed E-state index contributed by atoms with van der Waals surface area (Å²) < 4.78 is 22.6. The molecule has 0 atom stereocenters. The summed E-state index contributed by atoms with van der Waals surface area (Å²) in [7, 11) is 1.30. The standard InChI is InChI=1S/C10H8ClNO3S/c1-2-9-8(6-13)3-7(5-12)4-10(9)16(11,14)15/h3-4,6H,2H2,1H3. The van der Waals surface area contributed by atoms with Gasteiger partial charge in [0.25, 0.3) is 9.05 Å². The Hall–Kier alpha value is -1.38. The minimum Gasteiger partial charge on any atom is -0.298 e. The summed E-state index contributed by atoms with van der Waals surface area (Å²) in [5.41, 5.74) is 0.614. The second-order valence-corrected chi connectivity index (χ2v) is 5.60. The maximum Gasteiger partial charge on any atom is 0.261 e. The molecule has 0 saturated heterocycles. The fourth-order valence-corrected chi connectivity index (χ4v) is 2.67. The molecule has 84 valence electrons. The van der Waals surface area contributed by atoms with E-state index in [0.29, 0.717) is 18.3 Å². The van der Waals surface area contributed by atoms with E-state index in [1.54, 1.807) is 13.0 Å². The first kappa shape index (κ1) is 12.7. The Kier molecular flexibility index (Phi) is 3.68. The SMILES string of the molecule is CCc1c(C=O)cc(C#N)cc1S(=O)(=O)Cl. The molecule has 0 aromatic heterocycles. The Morgan fingerprint density at radius 3 is 2.50 bits per heavy atom. The van der Waals surface area contributed by atoms with Crippen LogP contribution in [-0.4, -0.2) is 14.7 Å². The zero-order valence-corrected chi connectivity index (χ0v) is 9.97. The largest absolute Gasteiger partial charge is 0.298 e. The van der Waals surface area contributed by atoms with E-state index in [4.69, 9.17) is 15.9 Å². The minimum atomic E-state index is -3.95. The normalized spacial score (nSPS) is 10.8. The van der Waals surface area contributed by atoms with Crippen LogP contribution in [0.4, 0.5) is 0 Å². The molecule has 1 aromatic carbocycles. The average Bonchev–Trinajstić information content (AvgIpc) is 2.25. The van der Waals surface area contributed by atoms with Gasteiger partial charge in [-0.05, 0) is 24.1 Å². The highest BCUT2D eigenvalue weighted by molar-refractivity contribution is 8.13. The van der Waals surface area contributed by atoms with Crippen molar-refractivity contribution in [2.45, 2.75) is 18.2 Å². The Morgan fingerprint density at radius 2 is 2.12 bits per heavy atom. The van der Waals surface area contributed by atoms with Gasteiger partial charge >= 0.3 is 0 Å². The summed E-state index contributed by atoms with van der Waals surface area (Å²) in [4.78, 5) is 10.6. The fraction of sp³-hybridized carbons (Fsp3) is 0.200. The van der Waals surface area contributed by atoms with Gasteiger partial charge in [0.2, 0.25) is 0 Å². The van der Waals surface area contributed by atoms with Crippen molar-refractivity contribution in [2.75, 3.05) is 0 Å². The molecule has 0 bridgehead atoms. The van der Waals surface area contributed by atoms with E-state index in [1.807, 2.05) is 0 Å². The summed E-state index contributed by atoms with van der Waals surface area (Å²) in [6, 6.07) is 4.30. The van der Waals surface area contributed by atoms with Crippen molar-refractivity contribution >= 4 is 26.0 Å². The zero-order valence-electron chi connectivity index (χ0n) is 8.40. The molecule has 0 aliphatic carbocycles. The number of hydrogen-bond donors (Lipinski definition) is 0. The van der Waals surface area contributed by atoms with Gasteiger partial charge in [-0.25, -0.2) is 8.42 Å². The van der Waals surface area contributed by atoms with Crippen LogP contribution in [0.15, 0.2) is 17.0 Å². The molecule has 6 heteroatoms. The van der Waals surface area contributed by atoms with E-state index in [0.717, 1.165) is 0 Å². The molecule has 16 heavy (non-hydrogen) atoms. The lowest BCUT2D eigenvalue weighted by atomic mass is 10.0. The topological polar surface area (TPSA) is 75.0 Å². The number of halogens is 1. The predicted molar refractivity (Wildman–Crippen MR) is 59.0 cm³/mol. The molecule has 0 amide bonds. The fourth-order valence-electron chi connectivity index (χ4n) is 1.43. The van der Waals surface area contributed by atoms with Crippen LogP contribution in [0.3, 0.4) is 0 Å². The molecule has 0 aliphatic heterocycles. The molecule has 4 nitrogen and oxygen atoms in total. The van der Waals surface area contributed by atoms with Gasteiger partial charge in [-0.2, -0.15) is 5.26 Å². The number of hydrogen-bond acceptors (Lipinski definition) is 4. The summed E-state index contributed by atoms with van der Waals surface area (Å²) >= 11 is 0. The summed E-state index contributed by atoms with van der Waals surface area (Å²) in [6.45, 7) is 1.71. The van der Waals surface area contributed by atoms with Crippen LogP contribution in [0.25, 0.3) is 0 Å². The molecular weight excluding hydrogens is 250 g/mol. The first-order chi connectivity index (χ1) is 7.43. The van der Waals surface area contributed by atoms with E-state index < -0.39 is 9.05 Å². The summed E-state index contributed by atoms with van der Waals surface area (Å²) in [5.74, 6) is 0. The van der Waals surface area contributed by atoms with Crippen LogP contribution in [-0.2, 0) is 15.5 Å². The minimum absolute atomic E-state index is 0.0959. The van der Waals surface area contributed by atoms with Crippen molar-refractivity contribution in [3.05, 3.63) is 28.8 Å². The van der Waals surface area contributed by atoms with E-state index in [1.165, 1.54) is 12.1 Å². The second-order valence-electron chi connectivity index (χ2n) is 3.06. The molecule has 0 saturated carbocycles.